The Kier molecular flexibility index (Phi) is 5.63. The van der Waals surface area contributed by atoms with E-state index in [2.05, 4.69) is 0 Å². The number of ketones is 1. The van der Waals surface area contributed by atoms with E-state index in [1.54, 1.807) is 0 Å². The molecule has 0 unspecified atom stereocenters. The maximum absolute atomic E-state index is 13.1. The molecule has 0 amide bonds. The summed E-state index contributed by atoms with van der Waals surface area (Å²) in [5.41, 5.74) is 0.295. The first-order chi connectivity index (χ1) is 8.19. The molecule has 0 saturated carbocycles. The van der Waals surface area contributed by atoms with Crippen LogP contribution < -0.4 is 4.74 Å². The van der Waals surface area contributed by atoms with Crippen LogP contribution >= 0.6 is 0 Å². The van der Waals surface area contributed by atoms with Crippen LogP contribution in [0.5, 0.6) is 5.75 Å². The predicted molar refractivity (Wildman–Crippen MR) is 63.0 cm³/mol. The molecule has 0 bridgehead atoms. The molecule has 0 aliphatic carbocycles. The van der Waals surface area contributed by atoms with Crippen LogP contribution in [0.15, 0.2) is 18.2 Å². The zero-order valence-electron chi connectivity index (χ0n) is 10.2. The van der Waals surface area contributed by atoms with Gasteiger partial charge >= 0.3 is 0 Å². The van der Waals surface area contributed by atoms with Crippen molar-refractivity contribution >= 4 is 5.78 Å². The van der Waals surface area contributed by atoms with E-state index in [1.165, 1.54) is 25.3 Å². The lowest BCUT2D eigenvalue weighted by molar-refractivity contribution is 0.0943. The van der Waals surface area contributed by atoms with Crippen LogP contribution in [0.2, 0.25) is 0 Å². The average Bonchev–Trinajstić information content (AvgIpc) is 2.34. The van der Waals surface area contributed by atoms with Gasteiger partial charge < -0.3 is 9.47 Å². The Morgan fingerprint density at radius 3 is 2.82 bits per heavy atom. The summed E-state index contributed by atoms with van der Waals surface area (Å²) in [4.78, 5) is 11.8. The fraction of sp³-hybridized carbons (Fsp3) is 0.462. The van der Waals surface area contributed by atoms with Crippen molar-refractivity contribution in [3.8, 4) is 5.75 Å². The largest absolute Gasteiger partial charge is 0.496 e. The summed E-state index contributed by atoms with van der Waals surface area (Å²) in [5.74, 6) is -0.146. The fourth-order valence-corrected chi connectivity index (χ4v) is 1.51. The van der Waals surface area contributed by atoms with Gasteiger partial charge in [-0.05, 0) is 31.5 Å². The summed E-state index contributed by atoms with van der Waals surface area (Å²) in [6.07, 6.45) is 0.964. The van der Waals surface area contributed by atoms with E-state index in [9.17, 15) is 9.18 Å². The Bertz CT molecular complexity index is 377. The van der Waals surface area contributed by atoms with Crippen molar-refractivity contribution in [2.24, 2.45) is 0 Å². The molecule has 1 aromatic rings. The van der Waals surface area contributed by atoms with Gasteiger partial charge in [0.05, 0.1) is 12.7 Å². The van der Waals surface area contributed by atoms with Gasteiger partial charge in [-0.1, -0.05) is 0 Å². The van der Waals surface area contributed by atoms with Crippen molar-refractivity contribution in [3.05, 3.63) is 29.6 Å². The van der Waals surface area contributed by atoms with E-state index in [4.69, 9.17) is 9.47 Å². The first-order valence-electron chi connectivity index (χ1n) is 5.63. The van der Waals surface area contributed by atoms with Gasteiger partial charge in [-0.25, -0.2) is 4.39 Å². The summed E-state index contributed by atoms with van der Waals surface area (Å²) >= 11 is 0. The number of carbonyl (C=O) groups excluding carboxylic acids is 1. The first-order valence-corrected chi connectivity index (χ1v) is 5.63. The highest BCUT2D eigenvalue weighted by atomic mass is 19.1. The highest BCUT2D eigenvalue weighted by Crippen LogP contribution is 2.21. The molecular formula is C13H17FO3. The maximum atomic E-state index is 13.1. The number of ether oxygens (including phenoxy) is 2. The maximum Gasteiger partial charge on any atom is 0.166 e. The van der Waals surface area contributed by atoms with Gasteiger partial charge in [-0.3, -0.25) is 4.79 Å². The second-order valence-corrected chi connectivity index (χ2v) is 3.57. The molecule has 0 radical (unpaired) electrons. The summed E-state index contributed by atoms with van der Waals surface area (Å²) < 4.78 is 23.2. The molecule has 0 aliphatic rings. The molecule has 17 heavy (non-hydrogen) atoms. The van der Waals surface area contributed by atoms with Crippen LogP contribution in [-0.4, -0.2) is 26.1 Å². The monoisotopic (exact) mass is 240 g/mol. The van der Waals surface area contributed by atoms with Gasteiger partial charge in [0.1, 0.15) is 11.6 Å². The smallest absolute Gasteiger partial charge is 0.166 e. The number of carbonyl (C=O) groups is 1. The molecule has 4 heteroatoms. The van der Waals surface area contributed by atoms with Crippen LogP contribution in [-0.2, 0) is 4.74 Å². The van der Waals surface area contributed by atoms with Gasteiger partial charge in [0.2, 0.25) is 0 Å². The van der Waals surface area contributed by atoms with Crippen LogP contribution in [0.25, 0.3) is 0 Å². The van der Waals surface area contributed by atoms with Crippen molar-refractivity contribution < 1.29 is 18.7 Å². The second kappa shape index (κ2) is 7.01. The molecule has 0 aromatic heterocycles. The van der Waals surface area contributed by atoms with Gasteiger partial charge in [0.25, 0.3) is 0 Å². The number of benzene rings is 1. The van der Waals surface area contributed by atoms with Gasteiger partial charge in [0.15, 0.2) is 5.78 Å². The Morgan fingerprint density at radius 1 is 1.41 bits per heavy atom. The Balaban J connectivity index is 2.64. The number of halogens is 1. The molecule has 0 atom stereocenters. The lowest BCUT2D eigenvalue weighted by Gasteiger charge is -2.07. The first kappa shape index (κ1) is 13.6. The third kappa shape index (κ3) is 4.15. The standard InChI is InChI=1S/C13H17FO3/c1-3-17-8-4-5-12(15)11-9-10(14)6-7-13(11)16-2/h6-7,9H,3-5,8H2,1-2H3. The van der Waals surface area contributed by atoms with Crippen LogP contribution in [0, 0.1) is 5.82 Å². The van der Waals surface area contributed by atoms with Crippen molar-refractivity contribution in [3.63, 3.8) is 0 Å². The van der Waals surface area contributed by atoms with E-state index in [1.807, 2.05) is 6.92 Å². The molecule has 0 heterocycles. The number of hydrogen-bond acceptors (Lipinski definition) is 3. The molecular weight excluding hydrogens is 223 g/mol. The average molecular weight is 240 g/mol. The normalized spacial score (nSPS) is 10.3. The minimum atomic E-state index is -0.432. The lowest BCUT2D eigenvalue weighted by atomic mass is 10.1. The third-order valence-electron chi connectivity index (χ3n) is 2.36. The van der Waals surface area contributed by atoms with E-state index >= 15 is 0 Å². The van der Waals surface area contributed by atoms with Gasteiger partial charge in [-0.2, -0.15) is 0 Å². The van der Waals surface area contributed by atoms with Gasteiger partial charge in [0, 0.05) is 19.6 Å². The summed E-state index contributed by atoms with van der Waals surface area (Å²) in [6.45, 7) is 3.08. The van der Waals surface area contributed by atoms with Crippen molar-refractivity contribution in [2.45, 2.75) is 19.8 Å². The van der Waals surface area contributed by atoms with Crippen molar-refractivity contribution in [1.82, 2.24) is 0 Å². The van der Waals surface area contributed by atoms with E-state index < -0.39 is 5.82 Å². The summed E-state index contributed by atoms with van der Waals surface area (Å²) in [5, 5.41) is 0. The quantitative estimate of drug-likeness (QED) is 0.543. The third-order valence-corrected chi connectivity index (χ3v) is 2.36. The van der Waals surface area contributed by atoms with Crippen molar-refractivity contribution in [2.75, 3.05) is 20.3 Å². The zero-order chi connectivity index (χ0) is 12.7. The van der Waals surface area contributed by atoms with E-state index in [0.717, 1.165) is 0 Å². The molecule has 0 saturated heterocycles. The Morgan fingerprint density at radius 2 is 2.18 bits per heavy atom. The van der Waals surface area contributed by atoms with Crippen LogP contribution in [0.4, 0.5) is 4.39 Å². The highest BCUT2D eigenvalue weighted by molar-refractivity contribution is 5.98. The number of methoxy groups -OCH3 is 1. The molecule has 1 rings (SSSR count). The summed E-state index contributed by atoms with van der Waals surface area (Å²) in [7, 11) is 1.46. The van der Waals surface area contributed by atoms with Gasteiger partial charge in [-0.15, -0.1) is 0 Å². The molecule has 0 N–H and O–H groups in total. The zero-order valence-corrected chi connectivity index (χ0v) is 10.2. The SMILES string of the molecule is CCOCCCC(=O)c1cc(F)ccc1OC. The number of hydrogen-bond donors (Lipinski definition) is 0. The number of Topliss-reactive ketones (excluding diaryl/α,β-unsaturated/α-hetero) is 1. The molecule has 1 aromatic carbocycles. The van der Waals surface area contributed by atoms with Crippen LogP contribution in [0.1, 0.15) is 30.1 Å². The predicted octanol–water partition coefficient (Wildman–Crippen LogP) is 2.83. The Labute approximate surface area is 101 Å². The molecule has 0 aliphatic heterocycles. The lowest BCUT2D eigenvalue weighted by Crippen LogP contribution is -2.05. The minimum Gasteiger partial charge on any atom is -0.496 e. The molecule has 3 nitrogen and oxygen atoms in total. The topological polar surface area (TPSA) is 35.5 Å². The minimum absolute atomic E-state index is 0.124. The van der Waals surface area contributed by atoms with E-state index in [-0.39, 0.29) is 5.78 Å². The molecule has 0 spiro atoms. The Hall–Kier alpha value is -1.42. The summed E-state index contributed by atoms with van der Waals surface area (Å²) in [6, 6.07) is 3.95. The second-order valence-electron chi connectivity index (χ2n) is 3.57. The van der Waals surface area contributed by atoms with E-state index in [0.29, 0.717) is 37.4 Å². The van der Waals surface area contributed by atoms with Crippen molar-refractivity contribution in [1.29, 1.82) is 0 Å². The fourth-order valence-electron chi connectivity index (χ4n) is 1.51. The molecule has 0 fully saturated rings. The highest BCUT2D eigenvalue weighted by Gasteiger charge is 2.12. The molecule has 94 valence electrons. The number of rotatable bonds is 7. The van der Waals surface area contributed by atoms with Crippen LogP contribution in [0.3, 0.4) is 0 Å².